The Kier molecular flexibility index (Phi) is 16.3. The van der Waals surface area contributed by atoms with Crippen LogP contribution < -0.4 is 10.6 Å². The number of nitrogens with one attached hydrogen (secondary N) is 2. The molecule has 2 N–H and O–H groups in total. The first-order chi connectivity index (χ1) is 9.17. The maximum absolute atomic E-state index is 5.23. The Hall–Kier alpha value is -0.480. The van der Waals surface area contributed by atoms with Crippen LogP contribution in [0.2, 0.25) is 0 Å². The number of guanidine groups is 1. The third-order valence-electron chi connectivity index (χ3n) is 3.06. The van der Waals surface area contributed by atoms with E-state index in [1.165, 1.54) is 6.42 Å². The fourth-order valence-corrected chi connectivity index (χ4v) is 1.91. The van der Waals surface area contributed by atoms with Gasteiger partial charge in [-0.3, -0.25) is 0 Å². The van der Waals surface area contributed by atoms with Crippen molar-refractivity contribution in [3.63, 3.8) is 0 Å². The van der Waals surface area contributed by atoms with Crippen molar-refractivity contribution in [2.24, 2.45) is 4.99 Å². The van der Waals surface area contributed by atoms with Crippen molar-refractivity contribution in [2.75, 3.05) is 32.7 Å². The van der Waals surface area contributed by atoms with Crippen LogP contribution in [0.3, 0.4) is 0 Å². The van der Waals surface area contributed by atoms with Crippen LogP contribution in [0.1, 0.15) is 40.5 Å². The van der Waals surface area contributed by atoms with Crippen molar-refractivity contribution in [3.8, 4) is 12.3 Å². The molecule has 0 heterocycles. The van der Waals surface area contributed by atoms with Gasteiger partial charge in [-0.15, -0.1) is 30.4 Å². The molecule has 0 rings (SSSR count). The van der Waals surface area contributed by atoms with Gasteiger partial charge in [-0.05, 0) is 46.3 Å². The zero-order valence-corrected chi connectivity index (χ0v) is 15.7. The van der Waals surface area contributed by atoms with Crippen molar-refractivity contribution in [1.82, 2.24) is 15.5 Å². The molecule has 0 saturated carbocycles. The standard InChI is InChI=1S/C15H30N4.HI/c1-6-12-17-15(16-7-2)18-14(5)11-10-13-19(8-3)9-4;/h1,14H,7-13H2,2-5H3,(H2,16,17,18);1H. The summed E-state index contributed by atoms with van der Waals surface area (Å²) in [6.45, 7) is 13.3. The molecule has 1 atom stereocenters. The number of rotatable bonds is 9. The van der Waals surface area contributed by atoms with Gasteiger partial charge in [0.2, 0.25) is 0 Å². The molecule has 0 fully saturated rings. The van der Waals surface area contributed by atoms with Gasteiger partial charge < -0.3 is 15.5 Å². The molecule has 4 nitrogen and oxygen atoms in total. The summed E-state index contributed by atoms with van der Waals surface area (Å²) in [5.41, 5.74) is 0. The minimum Gasteiger partial charge on any atom is -0.357 e. The summed E-state index contributed by atoms with van der Waals surface area (Å²) in [6, 6.07) is 0.408. The van der Waals surface area contributed by atoms with Crippen molar-refractivity contribution in [1.29, 1.82) is 0 Å². The molecule has 1 unspecified atom stereocenters. The highest BCUT2D eigenvalue weighted by Gasteiger charge is 2.06. The van der Waals surface area contributed by atoms with Crippen molar-refractivity contribution >= 4 is 29.9 Å². The van der Waals surface area contributed by atoms with E-state index < -0.39 is 0 Å². The molecule has 0 aromatic rings. The molecule has 5 heteroatoms. The maximum atomic E-state index is 5.23. The van der Waals surface area contributed by atoms with E-state index in [0.717, 1.165) is 38.6 Å². The largest absolute Gasteiger partial charge is 0.357 e. The van der Waals surface area contributed by atoms with Gasteiger partial charge in [-0.25, -0.2) is 4.99 Å². The topological polar surface area (TPSA) is 39.7 Å². The molecule has 0 aliphatic rings. The van der Waals surface area contributed by atoms with Crippen LogP contribution >= 0.6 is 24.0 Å². The Morgan fingerprint density at radius 2 is 1.95 bits per heavy atom. The quantitative estimate of drug-likeness (QED) is 0.273. The second-order valence-corrected chi connectivity index (χ2v) is 4.61. The number of halogens is 1. The minimum absolute atomic E-state index is 0. The molecular formula is C15H31IN4. The van der Waals surface area contributed by atoms with Gasteiger partial charge >= 0.3 is 0 Å². The van der Waals surface area contributed by atoms with Crippen LogP contribution in [0.25, 0.3) is 0 Å². The second kappa shape index (κ2) is 14.9. The summed E-state index contributed by atoms with van der Waals surface area (Å²) >= 11 is 0. The molecule has 20 heavy (non-hydrogen) atoms. The van der Waals surface area contributed by atoms with Gasteiger partial charge in [-0.1, -0.05) is 19.8 Å². The second-order valence-electron chi connectivity index (χ2n) is 4.61. The smallest absolute Gasteiger partial charge is 0.192 e. The first kappa shape index (κ1) is 21.8. The van der Waals surface area contributed by atoms with Crippen LogP contribution in [0, 0.1) is 12.3 Å². The van der Waals surface area contributed by atoms with Crippen molar-refractivity contribution in [3.05, 3.63) is 0 Å². The highest BCUT2D eigenvalue weighted by Crippen LogP contribution is 1.99. The average molecular weight is 394 g/mol. The Balaban J connectivity index is 0. The molecule has 0 bridgehead atoms. The molecule has 0 aromatic carbocycles. The zero-order chi connectivity index (χ0) is 14.5. The van der Waals surface area contributed by atoms with Crippen molar-refractivity contribution < 1.29 is 0 Å². The zero-order valence-electron chi connectivity index (χ0n) is 13.4. The number of terminal acetylenes is 1. The van der Waals surface area contributed by atoms with Crippen LogP contribution in [0.4, 0.5) is 0 Å². The molecule has 118 valence electrons. The van der Waals surface area contributed by atoms with Gasteiger partial charge in [0.05, 0.1) is 0 Å². The van der Waals surface area contributed by atoms with E-state index in [1.54, 1.807) is 0 Å². The van der Waals surface area contributed by atoms with E-state index >= 15 is 0 Å². The summed E-state index contributed by atoms with van der Waals surface area (Å²) in [5.74, 6) is 3.34. The summed E-state index contributed by atoms with van der Waals surface area (Å²) in [5, 5.41) is 6.59. The third-order valence-corrected chi connectivity index (χ3v) is 3.06. The summed E-state index contributed by atoms with van der Waals surface area (Å²) in [4.78, 5) is 6.74. The van der Waals surface area contributed by atoms with E-state index in [4.69, 9.17) is 6.42 Å². The van der Waals surface area contributed by atoms with Gasteiger partial charge in [0, 0.05) is 12.6 Å². The highest BCUT2D eigenvalue weighted by molar-refractivity contribution is 14.0. The third kappa shape index (κ3) is 11.4. The van der Waals surface area contributed by atoms with E-state index in [2.05, 4.69) is 54.1 Å². The predicted molar refractivity (Wildman–Crippen MR) is 99.8 cm³/mol. The Morgan fingerprint density at radius 3 is 2.45 bits per heavy atom. The summed E-state index contributed by atoms with van der Waals surface area (Å²) < 4.78 is 0. The Labute approximate surface area is 142 Å². The highest BCUT2D eigenvalue weighted by atomic mass is 127. The van der Waals surface area contributed by atoms with E-state index in [-0.39, 0.29) is 24.0 Å². The molecule has 0 saturated heterocycles. The van der Waals surface area contributed by atoms with E-state index in [0.29, 0.717) is 12.6 Å². The van der Waals surface area contributed by atoms with Crippen LogP contribution in [0.5, 0.6) is 0 Å². The number of nitrogens with zero attached hydrogens (tertiary/aromatic N) is 2. The molecule has 0 aromatic heterocycles. The van der Waals surface area contributed by atoms with Gasteiger partial charge in [-0.2, -0.15) is 0 Å². The lowest BCUT2D eigenvalue weighted by Gasteiger charge is -2.21. The SMILES string of the molecule is C#CCN=C(NCC)NC(C)CCCN(CC)CC.I. The van der Waals surface area contributed by atoms with Crippen molar-refractivity contribution in [2.45, 2.75) is 46.6 Å². The molecule has 0 amide bonds. The fourth-order valence-electron chi connectivity index (χ4n) is 1.91. The van der Waals surface area contributed by atoms with E-state index in [1.807, 2.05) is 0 Å². The number of hydrogen-bond donors (Lipinski definition) is 2. The van der Waals surface area contributed by atoms with Crippen LogP contribution in [-0.4, -0.2) is 49.6 Å². The monoisotopic (exact) mass is 394 g/mol. The lowest BCUT2D eigenvalue weighted by molar-refractivity contribution is 0.292. The maximum Gasteiger partial charge on any atom is 0.192 e. The Morgan fingerprint density at radius 1 is 1.30 bits per heavy atom. The molecule has 0 aliphatic carbocycles. The van der Waals surface area contributed by atoms with Gasteiger partial charge in [0.25, 0.3) is 0 Å². The first-order valence-corrected chi connectivity index (χ1v) is 7.38. The van der Waals surface area contributed by atoms with Crippen LogP contribution in [0.15, 0.2) is 4.99 Å². The normalized spacial score (nSPS) is 12.5. The predicted octanol–water partition coefficient (Wildman–Crippen LogP) is 2.30. The molecule has 0 radical (unpaired) electrons. The van der Waals surface area contributed by atoms with E-state index in [9.17, 15) is 0 Å². The molecular weight excluding hydrogens is 363 g/mol. The minimum atomic E-state index is 0. The first-order valence-electron chi connectivity index (χ1n) is 7.38. The average Bonchev–Trinajstić information content (AvgIpc) is 2.41. The summed E-state index contributed by atoms with van der Waals surface area (Å²) in [6.07, 6.45) is 7.56. The van der Waals surface area contributed by atoms with Gasteiger partial charge in [0.15, 0.2) is 5.96 Å². The lowest BCUT2D eigenvalue weighted by atomic mass is 10.2. The number of aliphatic imine (C=N–C) groups is 1. The number of hydrogen-bond acceptors (Lipinski definition) is 2. The Bertz CT molecular complexity index is 282. The molecule has 0 aliphatic heterocycles. The summed E-state index contributed by atoms with van der Waals surface area (Å²) in [7, 11) is 0. The fraction of sp³-hybridized carbons (Fsp3) is 0.800. The lowest BCUT2D eigenvalue weighted by Crippen LogP contribution is -2.42. The molecule has 0 spiro atoms. The van der Waals surface area contributed by atoms with Crippen LogP contribution in [-0.2, 0) is 0 Å². The van der Waals surface area contributed by atoms with Gasteiger partial charge in [0.1, 0.15) is 6.54 Å².